The van der Waals surface area contributed by atoms with Gasteiger partial charge in [0.2, 0.25) is 0 Å². The molecule has 0 radical (unpaired) electrons. The number of carbonyl (C=O) groups is 1. The molecule has 0 aliphatic carbocycles. The molecule has 4 nitrogen and oxygen atoms in total. The van der Waals surface area contributed by atoms with Crippen molar-refractivity contribution in [3.63, 3.8) is 0 Å². The van der Waals surface area contributed by atoms with Crippen LogP contribution in [0.25, 0.3) is 10.9 Å². The Kier molecular flexibility index (Phi) is 2.80. The third-order valence-corrected chi connectivity index (χ3v) is 3.63. The van der Waals surface area contributed by atoms with Gasteiger partial charge >= 0.3 is 0 Å². The molecule has 18 heavy (non-hydrogen) atoms. The highest BCUT2D eigenvalue weighted by molar-refractivity contribution is 5.98. The van der Waals surface area contributed by atoms with Crippen molar-refractivity contribution in [2.24, 2.45) is 0 Å². The highest BCUT2D eigenvalue weighted by Crippen LogP contribution is 2.29. The second kappa shape index (κ2) is 4.46. The van der Waals surface area contributed by atoms with E-state index in [1.165, 1.54) is 0 Å². The second-order valence-corrected chi connectivity index (χ2v) is 4.64. The molecule has 0 saturated carbocycles. The van der Waals surface area contributed by atoms with Crippen molar-refractivity contribution in [1.29, 1.82) is 0 Å². The average molecular weight is 244 g/mol. The van der Waals surface area contributed by atoms with Crippen molar-refractivity contribution >= 4 is 17.2 Å². The van der Waals surface area contributed by atoms with Gasteiger partial charge < -0.3 is 14.6 Å². The highest BCUT2D eigenvalue weighted by atomic mass is 16.5. The summed E-state index contributed by atoms with van der Waals surface area (Å²) in [4.78, 5) is 11.2. The van der Waals surface area contributed by atoms with Crippen LogP contribution in [0.4, 0.5) is 0 Å². The van der Waals surface area contributed by atoms with Gasteiger partial charge in [-0.2, -0.15) is 0 Å². The van der Waals surface area contributed by atoms with E-state index < -0.39 is 0 Å². The molecule has 0 spiro atoms. The van der Waals surface area contributed by atoms with E-state index in [4.69, 9.17) is 4.74 Å². The lowest BCUT2D eigenvalue weighted by molar-refractivity contribution is 0.112. The van der Waals surface area contributed by atoms with Crippen LogP contribution in [-0.2, 0) is 0 Å². The molecule has 0 bridgehead atoms. The van der Waals surface area contributed by atoms with E-state index in [0.717, 1.165) is 48.0 Å². The van der Waals surface area contributed by atoms with E-state index in [9.17, 15) is 4.79 Å². The number of aldehydes is 1. The van der Waals surface area contributed by atoms with Crippen LogP contribution in [-0.4, -0.2) is 31.1 Å². The molecule has 3 rings (SSSR count). The van der Waals surface area contributed by atoms with Gasteiger partial charge in [0.05, 0.1) is 7.11 Å². The molecule has 1 fully saturated rings. The molecule has 1 aromatic carbocycles. The molecule has 1 unspecified atom stereocenters. The minimum absolute atomic E-state index is 0.439. The number of methoxy groups -OCH3 is 1. The van der Waals surface area contributed by atoms with Crippen LogP contribution in [0.15, 0.2) is 24.4 Å². The molecule has 1 N–H and O–H groups in total. The van der Waals surface area contributed by atoms with E-state index in [1.54, 1.807) is 7.11 Å². The first-order chi connectivity index (χ1) is 8.83. The summed E-state index contributed by atoms with van der Waals surface area (Å²) in [7, 11) is 1.64. The number of ether oxygens (including phenoxy) is 1. The topological polar surface area (TPSA) is 43.3 Å². The van der Waals surface area contributed by atoms with Crippen molar-refractivity contribution in [3.05, 3.63) is 30.0 Å². The number of hydrogen-bond acceptors (Lipinski definition) is 3. The molecule has 2 heterocycles. The van der Waals surface area contributed by atoms with Crippen molar-refractivity contribution in [3.8, 4) is 5.75 Å². The Bertz CT molecular complexity index is 583. The van der Waals surface area contributed by atoms with Gasteiger partial charge in [-0.1, -0.05) is 0 Å². The molecule has 1 saturated heterocycles. The molecule has 1 aromatic heterocycles. The van der Waals surface area contributed by atoms with E-state index >= 15 is 0 Å². The lowest BCUT2D eigenvalue weighted by Gasteiger charge is -2.12. The van der Waals surface area contributed by atoms with Crippen LogP contribution >= 0.6 is 0 Å². The number of rotatable bonds is 3. The summed E-state index contributed by atoms with van der Waals surface area (Å²) < 4.78 is 7.43. The molecule has 94 valence electrons. The maximum atomic E-state index is 11.2. The molecule has 4 heteroatoms. The van der Waals surface area contributed by atoms with Crippen LogP contribution in [0.3, 0.4) is 0 Å². The normalized spacial score (nSPS) is 19.3. The van der Waals surface area contributed by atoms with Crippen LogP contribution in [0, 0.1) is 0 Å². The summed E-state index contributed by atoms with van der Waals surface area (Å²) in [5.74, 6) is 0.785. The first-order valence-electron chi connectivity index (χ1n) is 6.18. The SMILES string of the molecule is COc1ccc2c(c1)c(C=O)cn2C1CCNC1. The second-order valence-electron chi connectivity index (χ2n) is 4.64. The van der Waals surface area contributed by atoms with E-state index in [2.05, 4.69) is 9.88 Å². The van der Waals surface area contributed by atoms with Gasteiger partial charge in [0.1, 0.15) is 5.75 Å². The molecule has 1 aliphatic heterocycles. The summed E-state index contributed by atoms with van der Waals surface area (Å²) in [5, 5.41) is 4.32. The quantitative estimate of drug-likeness (QED) is 0.840. The van der Waals surface area contributed by atoms with Crippen LogP contribution in [0.5, 0.6) is 5.75 Å². The van der Waals surface area contributed by atoms with Gasteiger partial charge in [0.15, 0.2) is 6.29 Å². The maximum Gasteiger partial charge on any atom is 0.152 e. The standard InChI is InChI=1S/C14H16N2O2/c1-18-12-2-3-14-13(6-12)10(9-17)8-16(14)11-4-5-15-7-11/h2-3,6,8-9,11,15H,4-5,7H2,1H3. The largest absolute Gasteiger partial charge is 0.497 e. The van der Waals surface area contributed by atoms with Gasteiger partial charge in [0, 0.05) is 35.2 Å². The first kappa shape index (κ1) is 11.3. The fourth-order valence-electron chi connectivity index (χ4n) is 2.66. The minimum Gasteiger partial charge on any atom is -0.497 e. The molecule has 1 aliphatic rings. The number of hydrogen-bond donors (Lipinski definition) is 1. The van der Waals surface area contributed by atoms with Gasteiger partial charge in [-0.05, 0) is 31.2 Å². The number of aromatic nitrogens is 1. The number of carbonyl (C=O) groups excluding carboxylic acids is 1. The Morgan fingerprint density at radius 1 is 1.50 bits per heavy atom. The predicted molar refractivity (Wildman–Crippen MR) is 70.4 cm³/mol. The van der Waals surface area contributed by atoms with Crippen LogP contribution in [0.2, 0.25) is 0 Å². The summed E-state index contributed by atoms with van der Waals surface area (Å²) in [6.45, 7) is 2.00. The smallest absolute Gasteiger partial charge is 0.152 e. The monoisotopic (exact) mass is 244 g/mol. The summed E-state index contributed by atoms with van der Waals surface area (Å²) in [6, 6.07) is 6.34. The van der Waals surface area contributed by atoms with E-state index in [-0.39, 0.29) is 0 Å². The lowest BCUT2D eigenvalue weighted by Crippen LogP contribution is -2.12. The Hall–Kier alpha value is -1.81. The average Bonchev–Trinajstić information content (AvgIpc) is 3.04. The zero-order chi connectivity index (χ0) is 12.5. The molecule has 2 aromatic rings. The third-order valence-electron chi connectivity index (χ3n) is 3.63. The molecule has 1 atom stereocenters. The Morgan fingerprint density at radius 2 is 2.39 bits per heavy atom. The number of benzene rings is 1. The van der Waals surface area contributed by atoms with E-state index in [1.807, 2.05) is 24.4 Å². The molecular weight excluding hydrogens is 228 g/mol. The van der Waals surface area contributed by atoms with Gasteiger partial charge in [-0.25, -0.2) is 0 Å². The number of nitrogens with one attached hydrogen (secondary N) is 1. The Labute approximate surface area is 106 Å². The van der Waals surface area contributed by atoms with Crippen molar-refractivity contribution < 1.29 is 9.53 Å². The van der Waals surface area contributed by atoms with E-state index in [0.29, 0.717) is 6.04 Å². The predicted octanol–water partition coefficient (Wildman–Crippen LogP) is 2.00. The van der Waals surface area contributed by atoms with Crippen molar-refractivity contribution in [1.82, 2.24) is 9.88 Å². The minimum atomic E-state index is 0.439. The van der Waals surface area contributed by atoms with Crippen LogP contribution < -0.4 is 10.1 Å². The Morgan fingerprint density at radius 3 is 3.06 bits per heavy atom. The van der Waals surface area contributed by atoms with Gasteiger partial charge in [0.25, 0.3) is 0 Å². The number of fused-ring (bicyclic) bond motifs is 1. The molecule has 0 amide bonds. The third kappa shape index (κ3) is 1.69. The Balaban J connectivity index is 2.17. The fourth-order valence-corrected chi connectivity index (χ4v) is 2.66. The highest BCUT2D eigenvalue weighted by Gasteiger charge is 2.19. The maximum absolute atomic E-state index is 11.2. The first-order valence-corrected chi connectivity index (χ1v) is 6.18. The summed E-state index contributed by atoms with van der Waals surface area (Å²) in [5.41, 5.74) is 1.84. The zero-order valence-corrected chi connectivity index (χ0v) is 10.3. The van der Waals surface area contributed by atoms with Crippen molar-refractivity contribution in [2.75, 3.05) is 20.2 Å². The fraction of sp³-hybridized carbons (Fsp3) is 0.357. The summed E-state index contributed by atoms with van der Waals surface area (Å²) >= 11 is 0. The lowest BCUT2D eigenvalue weighted by atomic mass is 10.2. The molecular formula is C14H16N2O2. The van der Waals surface area contributed by atoms with Crippen LogP contribution in [0.1, 0.15) is 22.8 Å². The zero-order valence-electron chi connectivity index (χ0n) is 10.3. The summed E-state index contributed by atoms with van der Waals surface area (Å²) in [6.07, 6.45) is 3.98. The number of nitrogens with zero attached hydrogens (tertiary/aromatic N) is 1. The van der Waals surface area contributed by atoms with Gasteiger partial charge in [-0.3, -0.25) is 4.79 Å². The van der Waals surface area contributed by atoms with Gasteiger partial charge in [-0.15, -0.1) is 0 Å². The van der Waals surface area contributed by atoms with Crippen molar-refractivity contribution in [2.45, 2.75) is 12.5 Å².